The first kappa shape index (κ1) is 13.3. The summed E-state index contributed by atoms with van der Waals surface area (Å²) in [7, 11) is 0. The topological polar surface area (TPSA) is 21.3 Å². The van der Waals surface area contributed by atoms with E-state index in [2.05, 4.69) is 35.8 Å². The Kier molecular flexibility index (Phi) is 4.04. The van der Waals surface area contributed by atoms with Gasteiger partial charge in [0.15, 0.2) is 0 Å². The molecule has 1 saturated carbocycles. The largest absolute Gasteiger partial charge is 0.382 e. The second kappa shape index (κ2) is 5.76. The first-order valence-corrected chi connectivity index (χ1v) is 8.57. The van der Waals surface area contributed by atoms with Crippen molar-refractivity contribution in [3.8, 4) is 0 Å². The first-order chi connectivity index (χ1) is 9.30. The van der Waals surface area contributed by atoms with Crippen LogP contribution in [0.3, 0.4) is 0 Å². The number of hydrogen-bond donors (Lipinski definition) is 1. The number of hydrogen-bond acceptors (Lipinski definition) is 3. The number of rotatable bonds is 3. The molecule has 3 rings (SSSR count). The summed E-state index contributed by atoms with van der Waals surface area (Å²) < 4.78 is 6.09. The molecule has 1 N–H and O–H groups in total. The highest BCUT2D eigenvalue weighted by molar-refractivity contribution is 7.98. The van der Waals surface area contributed by atoms with Gasteiger partial charge in [-0.05, 0) is 56.2 Å². The van der Waals surface area contributed by atoms with E-state index in [0.29, 0.717) is 6.04 Å². The lowest BCUT2D eigenvalue weighted by atomic mass is 9.89. The van der Waals surface area contributed by atoms with Crippen molar-refractivity contribution in [3.63, 3.8) is 0 Å². The van der Waals surface area contributed by atoms with Crippen molar-refractivity contribution in [1.29, 1.82) is 0 Å². The monoisotopic (exact) mass is 277 g/mol. The fourth-order valence-electron chi connectivity index (χ4n) is 3.44. The highest BCUT2D eigenvalue weighted by Gasteiger charge is 2.39. The minimum atomic E-state index is 0.203. The summed E-state index contributed by atoms with van der Waals surface area (Å²) in [6, 6.07) is 9.35. The van der Waals surface area contributed by atoms with Crippen molar-refractivity contribution in [2.45, 2.75) is 55.1 Å². The van der Waals surface area contributed by atoms with E-state index in [1.165, 1.54) is 42.7 Å². The van der Waals surface area contributed by atoms with E-state index in [9.17, 15) is 0 Å². The average Bonchev–Trinajstić information content (AvgIpc) is 2.88. The lowest BCUT2D eigenvalue weighted by Gasteiger charge is -2.39. The van der Waals surface area contributed by atoms with Gasteiger partial charge in [0.1, 0.15) is 0 Å². The molecule has 1 aromatic carbocycles. The van der Waals surface area contributed by atoms with Gasteiger partial charge in [-0.15, -0.1) is 11.8 Å². The van der Waals surface area contributed by atoms with E-state index in [1.807, 2.05) is 0 Å². The number of ether oxygens (including phenoxy) is 1. The first-order valence-electron chi connectivity index (χ1n) is 7.34. The highest BCUT2D eigenvalue weighted by atomic mass is 32.2. The fraction of sp³-hybridized carbons (Fsp3) is 0.625. The molecule has 0 aromatic heterocycles. The standard InChI is InChI=1S/C16H23NOS/c1-19-15-6-4-13(5-7-15)17-14-8-11-18-16(12-14)9-2-3-10-16/h4-7,14,17H,2-3,8-12H2,1H3. The molecule has 1 aliphatic heterocycles. The smallest absolute Gasteiger partial charge is 0.0702 e. The van der Waals surface area contributed by atoms with Gasteiger partial charge in [0.2, 0.25) is 0 Å². The Balaban J connectivity index is 1.62. The molecule has 1 saturated heterocycles. The molecular formula is C16H23NOS. The number of benzene rings is 1. The molecule has 0 bridgehead atoms. The Hall–Kier alpha value is -0.670. The van der Waals surface area contributed by atoms with E-state index in [1.54, 1.807) is 11.8 Å². The Bertz CT molecular complexity index is 411. The summed E-state index contributed by atoms with van der Waals surface area (Å²) in [5.41, 5.74) is 1.45. The lowest BCUT2D eigenvalue weighted by molar-refractivity contribution is -0.0767. The molecule has 0 radical (unpaired) electrons. The molecule has 2 nitrogen and oxygen atoms in total. The van der Waals surface area contributed by atoms with E-state index in [-0.39, 0.29) is 5.60 Å². The summed E-state index contributed by atoms with van der Waals surface area (Å²) in [4.78, 5) is 1.32. The maximum Gasteiger partial charge on any atom is 0.0702 e. The van der Waals surface area contributed by atoms with Crippen LogP contribution in [0.5, 0.6) is 0 Å². The molecule has 0 amide bonds. The van der Waals surface area contributed by atoms with Crippen LogP contribution in [0.15, 0.2) is 29.2 Å². The van der Waals surface area contributed by atoms with Crippen LogP contribution in [0.4, 0.5) is 5.69 Å². The maximum atomic E-state index is 6.09. The SMILES string of the molecule is CSc1ccc(NC2CCOC3(CCCC3)C2)cc1. The molecular weight excluding hydrogens is 254 g/mol. The quantitative estimate of drug-likeness (QED) is 0.832. The van der Waals surface area contributed by atoms with Crippen molar-refractivity contribution < 1.29 is 4.74 Å². The zero-order chi connectivity index (χ0) is 13.1. The molecule has 2 fully saturated rings. The molecule has 1 unspecified atom stereocenters. The van der Waals surface area contributed by atoms with Crippen LogP contribution in [0.2, 0.25) is 0 Å². The predicted octanol–water partition coefficient (Wildman–Crippen LogP) is 4.31. The Labute approximate surface area is 120 Å². The van der Waals surface area contributed by atoms with E-state index in [0.717, 1.165) is 13.0 Å². The zero-order valence-corrected chi connectivity index (χ0v) is 12.5. The van der Waals surface area contributed by atoms with E-state index in [4.69, 9.17) is 4.74 Å². The highest BCUT2D eigenvalue weighted by Crippen LogP contribution is 2.40. The summed E-state index contributed by atoms with van der Waals surface area (Å²) in [6.45, 7) is 0.917. The molecule has 1 atom stereocenters. The van der Waals surface area contributed by atoms with Crippen LogP contribution >= 0.6 is 11.8 Å². The van der Waals surface area contributed by atoms with Gasteiger partial charge >= 0.3 is 0 Å². The van der Waals surface area contributed by atoms with Crippen LogP contribution in [0.1, 0.15) is 38.5 Å². The van der Waals surface area contributed by atoms with Gasteiger partial charge in [-0.1, -0.05) is 12.8 Å². The number of anilines is 1. The second-order valence-electron chi connectivity index (χ2n) is 5.80. The Morgan fingerprint density at radius 1 is 1.21 bits per heavy atom. The normalized spacial score (nSPS) is 25.6. The third-order valence-electron chi connectivity index (χ3n) is 4.47. The van der Waals surface area contributed by atoms with Crippen LogP contribution in [0, 0.1) is 0 Å². The van der Waals surface area contributed by atoms with Gasteiger partial charge < -0.3 is 10.1 Å². The van der Waals surface area contributed by atoms with Gasteiger partial charge in [-0.25, -0.2) is 0 Å². The Morgan fingerprint density at radius 2 is 1.95 bits per heavy atom. The zero-order valence-electron chi connectivity index (χ0n) is 11.7. The number of thioether (sulfide) groups is 1. The maximum absolute atomic E-state index is 6.09. The molecule has 1 spiro atoms. The fourth-order valence-corrected chi connectivity index (χ4v) is 3.85. The van der Waals surface area contributed by atoms with Crippen LogP contribution in [0.25, 0.3) is 0 Å². The van der Waals surface area contributed by atoms with Crippen molar-refractivity contribution >= 4 is 17.4 Å². The molecule has 3 heteroatoms. The van der Waals surface area contributed by atoms with Gasteiger partial charge in [-0.3, -0.25) is 0 Å². The van der Waals surface area contributed by atoms with Crippen molar-refractivity contribution in [2.75, 3.05) is 18.2 Å². The Morgan fingerprint density at radius 3 is 2.63 bits per heavy atom. The van der Waals surface area contributed by atoms with E-state index >= 15 is 0 Å². The van der Waals surface area contributed by atoms with Gasteiger partial charge in [0.05, 0.1) is 5.60 Å². The summed E-state index contributed by atoms with van der Waals surface area (Å²) >= 11 is 1.79. The molecule has 2 aliphatic rings. The molecule has 1 aromatic rings. The van der Waals surface area contributed by atoms with Gasteiger partial charge in [-0.2, -0.15) is 0 Å². The average molecular weight is 277 g/mol. The third-order valence-corrected chi connectivity index (χ3v) is 5.21. The predicted molar refractivity (Wildman–Crippen MR) is 82.0 cm³/mol. The molecule has 104 valence electrons. The second-order valence-corrected chi connectivity index (χ2v) is 6.68. The van der Waals surface area contributed by atoms with Crippen molar-refractivity contribution in [2.24, 2.45) is 0 Å². The summed E-state index contributed by atoms with van der Waals surface area (Å²) in [5.74, 6) is 0. The van der Waals surface area contributed by atoms with Crippen molar-refractivity contribution in [3.05, 3.63) is 24.3 Å². The van der Waals surface area contributed by atoms with Crippen LogP contribution in [-0.2, 0) is 4.74 Å². The van der Waals surface area contributed by atoms with Crippen LogP contribution < -0.4 is 5.32 Å². The lowest BCUT2D eigenvalue weighted by Crippen LogP contribution is -2.42. The minimum Gasteiger partial charge on any atom is -0.382 e. The van der Waals surface area contributed by atoms with E-state index < -0.39 is 0 Å². The molecule has 19 heavy (non-hydrogen) atoms. The van der Waals surface area contributed by atoms with Gasteiger partial charge in [0, 0.05) is 23.2 Å². The minimum absolute atomic E-state index is 0.203. The number of nitrogens with one attached hydrogen (secondary N) is 1. The van der Waals surface area contributed by atoms with Crippen LogP contribution in [-0.4, -0.2) is 24.5 Å². The van der Waals surface area contributed by atoms with Crippen molar-refractivity contribution in [1.82, 2.24) is 0 Å². The third kappa shape index (κ3) is 3.09. The summed E-state index contributed by atoms with van der Waals surface area (Å²) in [5, 5.41) is 3.69. The summed E-state index contributed by atoms with van der Waals surface area (Å²) in [6.07, 6.45) is 9.63. The van der Waals surface area contributed by atoms with Gasteiger partial charge in [0.25, 0.3) is 0 Å². The molecule has 1 aliphatic carbocycles. The molecule has 1 heterocycles.